The highest BCUT2D eigenvalue weighted by Gasteiger charge is 2.39. The molecule has 0 saturated heterocycles. The molecule has 0 saturated carbocycles. The smallest absolute Gasteiger partial charge is 0.335 e. The van der Waals surface area contributed by atoms with Gasteiger partial charge in [0.05, 0.1) is 11.7 Å². The number of ether oxygens (including phenoxy) is 1. The van der Waals surface area contributed by atoms with Gasteiger partial charge in [-0.3, -0.25) is 0 Å². The number of cyclic esters (lactones) is 1. The van der Waals surface area contributed by atoms with Crippen LogP contribution in [0.3, 0.4) is 0 Å². The third-order valence-electron chi connectivity index (χ3n) is 2.66. The van der Waals surface area contributed by atoms with Crippen molar-refractivity contribution in [3.05, 3.63) is 11.1 Å². The molecule has 1 aliphatic heterocycles. The van der Waals surface area contributed by atoms with Crippen molar-refractivity contribution in [1.82, 2.24) is 0 Å². The molecule has 0 bridgehead atoms. The number of aliphatic carboxylic acids is 1. The van der Waals surface area contributed by atoms with Crippen molar-refractivity contribution in [3.63, 3.8) is 0 Å². The third kappa shape index (κ3) is 2.41. The minimum absolute atomic E-state index is 0.0769. The molecule has 1 rings (SSSR count). The number of esters is 1. The van der Waals surface area contributed by atoms with E-state index in [9.17, 15) is 14.7 Å². The van der Waals surface area contributed by atoms with E-state index in [1.165, 1.54) is 6.92 Å². The molecule has 0 radical (unpaired) electrons. The first-order valence-corrected chi connectivity index (χ1v) is 5.32. The van der Waals surface area contributed by atoms with Crippen LogP contribution >= 0.6 is 0 Å². The first-order chi connectivity index (χ1) is 7.49. The summed E-state index contributed by atoms with van der Waals surface area (Å²) in [5.41, 5.74) is -0.0401. The van der Waals surface area contributed by atoms with Crippen LogP contribution < -0.4 is 0 Å². The molecule has 0 aliphatic carbocycles. The number of rotatable bonds is 5. The molecule has 5 nitrogen and oxygen atoms in total. The zero-order valence-corrected chi connectivity index (χ0v) is 9.40. The van der Waals surface area contributed by atoms with Gasteiger partial charge in [-0.25, -0.2) is 9.59 Å². The lowest BCUT2D eigenvalue weighted by atomic mass is 9.99. The van der Waals surface area contributed by atoms with E-state index in [1.807, 2.05) is 6.92 Å². The highest BCUT2D eigenvalue weighted by Crippen LogP contribution is 2.26. The van der Waals surface area contributed by atoms with Crippen LogP contribution in [0.5, 0.6) is 0 Å². The van der Waals surface area contributed by atoms with Crippen LogP contribution in [0.1, 0.15) is 33.1 Å². The van der Waals surface area contributed by atoms with Gasteiger partial charge in [-0.2, -0.15) is 0 Å². The Labute approximate surface area is 93.7 Å². The third-order valence-corrected chi connectivity index (χ3v) is 2.66. The summed E-state index contributed by atoms with van der Waals surface area (Å²) in [6.07, 6.45) is 0.131. The molecule has 5 heteroatoms. The van der Waals surface area contributed by atoms with E-state index in [4.69, 9.17) is 9.84 Å². The van der Waals surface area contributed by atoms with Crippen LogP contribution in [0.15, 0.2) is 11.1 Å². The summed E-state index contributed by atoms with van der Waals surface area (Å²) in [7, 11) is 0. The van der Waals surface area contributed by atoms with Gasteiger partial charge in [-0.15, -0.1) is 0 Å². The number of carbonyl (C=O) groups excluding carboxylic acids is 1. The van der Waals surface area contributed by atoms with Crippen molar-refractivity contribution in [1.29, 1.82) is 0 Å². The molecule has 16 heavy (non-hydrogen) atoms. The first-order valence-electron chi connectivity index (χ1n) is 5.32. The monoisotopic (exact) mass is 228 g/mol. The summed E-state index contributed by atoms with van der Waals surface area (Å²) in [6.45, 7) is 3.37. The van der Waals surface area contributed by atoms with Gasteiger partial charge in [0.25, 0.3) is 0 Å². The molecular weight excluding hydrogens is 212 g/mol. The normalized spacial score (nSPS) is 22.2. The second-order valence-corrected chi connectivity index (χ2v) is 3.88. The van der Waals surface area contributed by atoms with Crippen LogP contribution in [0.4, 0.5) is 0 Å². The fraction of sp³-hybridized carbons (Fsp3) is 0.636. The number of carboxylic acid groups (broad SMARTS) is 1. The zero-order valence-electron chi connectivity index (χ0n) is 9.40. The second kappa shape index (κ2) is 5.12. The molecule has 0 aromatic rings. The highest BCUT2D eigenvalue weighted by atomic mass is 16.6. The Balaban J connectivity index is 2.82. The van der Waals surface area contributed by atoms with Gasteiger partial charge in [0, 0.05) is 5.57 Å². The average molecular weight is 228 g/mol. The van der Waals surface area contributed by atoms with Crippen LogP contribution in [0.25, 0.3) is 0 Å². The maximum atomic E-state index is 11.2. The molecule has 1 heterocycles. The Morgan fingerprint density at radius 1 is 1.56 bits per heavy atom. The summed E-state index contributed by atoms with van der Waals surface area (Å²) in [5.74, 6) is -1.86. The Hall–Kier alpha value is -1.36. The Morgan fingerprint density at radius 3 is 2.69 bits per heavy atom. The van der Waals surface area contributed by atoms with E-state index in [0.717, 1.165) is 12.8 Å². The lowest BCUT2D eigenvalue weighted by molar-refractivity contribution is -0.145. The number of carbonyl (C=O) groups is 2. The second-order valence-electron chi connectivity index (χ2n) is 3.88. The van der Waals surface area contributed by atoms with Gasteiger partial charge in [-0.1, -0.05) is 19.8 Å². The highest BCUT2D eigenvalue weighted by molar-refractivity contribution is 6.03. The topological polar surface area (TPSA) is 83.8 Å². The van der Waals surface area contributed by atoms with Gasteiger partial charge in [-0.05, 0) is 13.3 Å². The molecule has 0 aromatic heterocycles. The van der Waals surface area contributed by atoms with E-state index in [1.54, 1.807) is 0 Å². The number of aliphatic hydroxyl groups excluding tert-OH is 1. The molecule has 0 unspecified atom stereocenters. The van der Waals surface area contributed by atoms with Crippen LogP contribution in [0.2, 0.25) is 0 Å². The zero-order chi connectivity index (χ0) is 12.3. The summed E-state index contributed by atoms with van der Waals surface area (Å²) in [4.78, 5) is 22.2. The van der Waals surface area contributed by atoms with Crippen molar-refractivity contribution in [3.8, 4) is 0 Å². The number of aliphatic hydroxyl groups is 1. The van der Waals surface area contributed by atoms with E-state index in [-0.39, 0.29) is 11.1 Å². The standard InChI is InChI=1S/C11H16O5/c1-3-4-5-7(12)9-8(10(13)14)6(2)11(15)16-9/h7,9,12H,3-5H2,1-2H3,(H,13,14)/t7-,9-/m1/s1. The van der Waals surface area contributed by atoms with Gasteiger partial charge >= 0.3 is 11.9 Å². The lowest BCUT2D eigenvalue weighted by Crippen LogP contribution is -2.31. The van der Waals surface area contributed by atoms with Crippen molar-refractivity contribution in [2.45, 2.75) is 45.3 Å². The maximum absolute atomic E-state index is 11.2. The number of carboxylic acids is 1. The molecule has 0 aromatic carbocycles. The fourth-order valence-electron chi connectivity index (χ4n) is 1.70. The molecule has 0 fully saturated rings. The average Bonchev–Trinajstić information content (AvgIpc) is 2.52. The molecule has 0 amide bonds. The SMILES string of the molecule is CCCC[C@@H](O)[C@H]1OC(=O)C(C)=C1C(=O)O. The van der Waals surface area contributed by atoms with E-state index in [0.29, 0.717) is 6.42 Å². The van der Waals surface area contributed by atoms with Gasteiger partial charge in [0.1, 0.15) is 0 Å². The van der Waals surface area contributed by atoms with E-state index >= 15 is 0 Å². The largest absolute Gasteiger partial charge is 0.478 e. The van der Waals surface area contributed by atoms with Crippen molar-refractivity contribution >= 4 is 11.9 Å². The van der Waals surface area contributed by atoms with Gasteiger partial charge in [0.15, 0.2) is 6.10 Å². The summed E-state index contributed by atoms with van der Waals surface area (Å²) >= 11 is 0. The summed E-state index contributed by atoms with van der Waals surface area (Å²) in [5, 5.41) is 18.7. The molecule has 90 valence electrons. The van der Waals surface area contributed by atoms with Crippen LogP contribution in [-0.2, 0) is 14.3 Å². The van der Waals surface area contributed by atoms with Gasteiger partial charge in [0.2, 0.25) is 0 Å². The number of hydrogen-bond donors (Lipinski definition) is 2. The maximum Gasteiger partial charge on any atom is 0.335 e. The first kappa shape index (κ1) is 12.7. The summed E-state index contributed by atoms with van der Waals surface area (Å²) < 4.78 is 4.86. The molecule has 2 N–H and O–H groups in total. The van der Waals surface area contributed by atoms with Crippen LogP contribution in [-0.4, -0.2) is 34.4 Å². The Morgan fingerprint density at radius 2 is 2.19 bits per heavy atom. The molecule has 2 atom stereocenters. The van der Waals surface area contributed by atoms with E-state index in [2.05, 4.69) is 0 Å². The fourth-order valence-corrected chi connectivity index (χ4v) is 1.70. The van der Waals surface area contributed by atoms with Crippen molar-refractivity contribution in [2.24, 2.45) is 0 Å². The minimum Gasteiger partial charge on any atom is -0.478 e. The van der Waals surface area contributed by atoms with E-state index < -0.39 is 24.1 Å². The lowest BCUT2D eigenvalue weighted by Gasteiger charge is -2.18. The molecule has 0 spiro atoms. The number of hydrogen-bond acceptors (Lipinski definition) is 4. The van der Waals surface area contributed by atoms with Gasteiger partial charge < -0.3 is 14.9 Å². The molecule has 1 aliphatic rings. The quantitative estimate of drug-likeness (QED) is 0.682. The molecular formula is C11H16O5. The summed E-state index contributed by atoms with van der Waals surface area (Å²) in [6, 6.07) is 0. The Kier molecular flexibility index (Phi) is 4.06. The van der Waals surface area contributed by atoms with Crippen LogP contribution in [0, 0.1) is 0 Å². The Bertz CT molecular complexity index is 331. The minimum atomic E-state index is -1.20. The number of unbranched alkanes of at least 4 members (excludes halogenated alkanes) is 1. The predicted molar refractivity (Wildman–Crippen MR) is 55.7 cm³/mol. The van der Waals surface area contributed by atoms with Crippen molar-refractivity contribution < 1.29 is 24.5 Å². The predicted octanol–water partition coefficient (Wildman–Crippen LogP) is 0.864. The van der Waals surface area contributed by atoms with Crippen molar-refractivity contribution in [2.75, 3.05) is 0 Å².